The Kier molecular flexibility index (Phi) is 6.41. The van der Waals surface area contributed by atoms with E-state index in [1.807, 2.05) is 13.0 Å². The standard InChI is InChI=1S/C18H19ClN2O5/c1-4-15(11-5-8-16(25-2)17(9-11)26-3)20-18(22)13-7-6-12(21(23)24)10-14(13)19/h5-10,15H,4H2,1-3H3,(H,20,22)/t15-/m0/s1. The van der Waals surface area contributed by atoms with Crippen molar-refractivity contribution >= 4 is 23.2 Å². The minimum absolute atomic E-state index is 0.0267. The molecule has 1 atom stereocenters. The average Bonchev–Trinajstić information content (AvgIpc) is 2.65. The summed E-state index contributed by atoms with van der Waals surface area (Å²) in [6.45, 7) is 1.93. The number of carbonyl (C=O) groups is 1. The van der Waals surface area contributed by atoms with Gasteiger partial charge < -0.3 is 14.8 Å². The van der Waals surface area contributed by atoms with Crippen molar-refractivity contribution < 1.29 is 19.2 Å². The molecular formula is C18H19ClN2O5. The van der Waals surface area contributed by atoms with Gasteiger partial charge in [0.2, 0.25) is 0 Å². The molecule has 0 aliphatic rings. The highest BCUT2D eigenvalue weighted by molar-refractivity contribution is 6.34. The summed E-state index contributed by atoms with van der Waals surface area (Å²) in [6, 6.07) is 8.87. The van der Waals surface area contributed by atoms with Gasteiger partial charge in [0.15, 0.2) is 11.5 Å². The van der Waals surface area contributed by atoms with Crippen molar-refractivity contribution in [3.8, 4) is 11.5 Å². The highest BCUT2D eigenvalue weighted by Crippen LogP contribution is 2.31. The van der Waals surface area contributed by atoms with Gasteiger partial charge in [-0.15, -0.1) is 0 Å². The Labute approximate surface area is 156 Å². The molecule has 0 saturated heterocycles. The van der Waals surface area contributed by atoms with Crippen LogP contribution in [0.5, 0.6) is 11.5 Å². The van der Waals surface area contributed by atoms with Gasteiger partial charge in [-0.25, -0.2) is 0 Å². The predicted molar refractivity (Wildman–Crippen MR) is 98.2 cm³/mol. The lowest BCUT2D eigenvalue weighted by Gasteiger charge is -2.19. The molecule has 1 N–H and O–H groups in total. The van der Waals surface area contributed by atoms with Gasteiger partial charge in [0.05, 0.1) is 35.8 Å². The largest absolute Gasteiger partial charge is 0.493 e. The number of carbonyl (C=O) groups excluding carboxylic acids is 1. The Morgan fingerprint density at radius 3 is 2.42 bits per heavy atom. The quantitative estimate of drug-likeness (QED) is 0.577. The number of non-ortho nitro benzene ring substituents is 1. The van der Waals surface area contributed by atoms with E-state index in [0.29, 0.717) is 17.9 Å². The summed E-state index contributed by atoms with van der Waals surface area (Å²) in [7, 11) is 3.09. The zero-order valence-corrected chi connectivity index (χ0v) is 15.4. The molecule has 0 aliphatic carbocycles. The van der Waals surface area contributed by atoms with Gasteiger partial charge in [-0.3, -0.25) is 14.9 Å². The lowest BCUT2D eigenvalue weighted by atomic mass is 10.0. The number of nitrogens with zero attached hydrogens (tertiary/aromatic N) is 1. The number of ether oxygens (including phenoxy) is 2. The molecule has 0 heterocycles. The van der Waals surface area contributed by atoms with Crippen molar-refractivity contribution in [1.82, 2.24) is 5.32 Å². The van der Waals surface area contributed by atoms with E-state index in [0.717, 1.165) is 11.6 Å². The normalized spacial score (nSPS) is 11.5. The van der Waals surface area contributed by atoms with Crippen LogP contribution in [0.2, 0.25) is 5.02 Å². The minimum atomic E-state index is -0.563. The number of rotatable bonds is 7. The number of hydrogen-bond donors (Lipinski definition) is 1. The van der Waals surface area contributed by atoms with Crippen LogP contribution in [0.15, 0.2) is 36.4 Å². The Hall–Kier alpha value is -2.80. The Bertz CT molecular complexity index is 825. The van der Waals surface area contributed by atoms with Crippen molar-refractivity contribution in [2.45, 2.75) is 19.4 Å². The molecule has 26 heavy (non-hydrogen) atoms. The fourth-order valence-corrected chi connectivity index (χ4v) is 2.79. The number of halogens is 1. The SMILES string of the molecule is CC[C@H](NC(=O)c1ccc([N+](=O)[O-])cc1Cl)c1ccc(OC)c(OC)c1. The number of nitro groups is 1. The molecule has 0 saturated carbocycles. The highest BCUT2D eigenvalue weighted by atomic mass is 35.5. The molecule has 138 valence electrons. The van der Waals surface area contributed by atoms with Crippen molar-refractivity contribution in [2.24, 2.45) is 0 Å². The summed E-state index contributed by atoms with van der Waals surface area (Å²) >= 11 is 6.03. The summed E-state index contributed by atoms with van der Waals surface area (Å²) in [5.74, 6) is 0.744. The van der Waals surface area contributed by atoms with Crippen molar-refractivity contribution in [1.29, 1.82) is 0 Å². The first-order valence-electron chi connectivity index (χ1n) is 7.88. The first-order valence-corrected chi connectivity index (χ1v) is 8.25. The van der Waals surface area contributed by atoms with E-state index in [1.54, 1.807) is 19.2 Å². The molecule has 7 nitrogen and oxygen atoms in total. The third-order valence-corrected chi connectivity index (χ3v) is 4.24. The maximum Gasteiger partial charge on any atom is 0.270 e. The van der Waals surface area contributed by atoms with Crippen molar-refractivity contribution in [3.05, 3.63) is 62.7 Å². The monoisotopic (exact) mass is 378 g/mol. The van der Waals surface area contributed by atoms with Crippen LogP contribution in [0.3, 0.4) is 0 Å². The number of benzene rings is 2. The Morgan fingerprint density at radius 2 is 1.88 bits per heavy atom. The molecular weight excluding hydrogens is 360 g/mol. The van der Waals surface area contributed by atoms with Crippen LogP contribution in [0.1, 0.15) is 35.3 Å². The van der Waals surface area contributed by atoms with Gasteiger partial charge in [0.25, 0.3) is 11.6 Å². The second-order valence-corrected chi connectivity index (χ2v) is 5.88. The lowest BCUT2D eigenvalue weighted by molar-refractivity contribution is -0.384. The number of amides is 1. The Morgan fingerprint density at radius 1 is 1.19 bits per heavy atom. The Balaban J connectivity index is 2.25. The summed E-state index contributed by atoms with van der Waals surface area (Å²) < 4.78 is 10.5. The van der Waals surface area contributed by atoms with E-state index in [-0.39, 0.29) is 22.3 Å². The van der Waals surface area contributed by atoms with Crippen LogP contribution >= 0.6 is 11.6 Å². The van der Waals surface area contributed by atoms with Crippen molar-refractivity contribution in [2.75, 3.05) is 14.2 Å². The van der Waals surface area contributed by atoms with Gasteiger partial charge in [-0.2, -0.15) is 0 Å². The van der Waals surface area contributed by atoms with Crippen LogP contribution in [-0.2, 0) is 0 Å². The van der Waals surface area contributed by atoms with E-state index >= 15 is 0 Å². The smallest absolute Gasteiger partial charge is 0.270 e. The molecule has 2 rings (SSSR count). The van der Waals surface area contributed by atoms with E-state index < -0.39 is 10.8 Å². The zero-order valence-electron chi connectivity index (χ0n) is 14.6. The predicted octanol–water partition coefficient (Wildman–Crippen LogP) is 4.15. The molecule has 0 aromatic heterocycles. The van der Waals surface area contributed by atoms with Gasteiger partial charge in [-0.1, -0.05) is 24.6 Å². The number of nitrogens with one attached hydrogen (secondary N) is 1. The molecule has 0 bridgehead atoms. The molecule has 0 aliphatic heterocycles. The first-order chi connectivity index (χ1) is 12.4. The number of nitro benzene ring substituents is 1. The fourth-order valence-electron chi connectivity index (χ4n) is 2.53. The molecule has 2 aromatic rings. The summed E-state index contributed by atoms with van der Waals surface area (Å²) in [6.07, 6.45) is 0.631. The molecule has 0 spiro atoms. The number of methoxy groups -OCH3 is 2. The maximum absolute atomic E-state index is 12.5. The lowest BCUT2D eigenvalue weighted by Crippen LogP contribution is -2.28. The second kappa shape index (κ2) is 8.53. The van der Waals surface area contributed by atoms with Gasteiger partial charge in [-0.05, 0) is 30.2 Å². The van der Waals surface area contributed by atoms with Gasteiger partial charge in [0.1, 0.15) is 0 Å². The topological polar surface area (TPSA) is 90.7 Å². The average molecular weight is 379 g/mol. The minimum Gasteiger partial charge on any atom is -0.493 e. The second-order valence-electron chi connectivity index (χ2n) is 5.47. The van der Waals surface area contributed by atoms with Crippen LogP contribution in [-0.4, -0.2) is 25.1 Å². The van der Waals surface area contributed by atoms with Crippen LogP contribution < -0.4 is 14.8 Å². The summed E-state index contributed by atoms with van der Waals surface area (Å²) in [5, 5.41) is 13.7. The highest BCUT2D eigenvalue weighted by Gasteiger charge is 2.19. The summed E-state index contributed by atoms with van der Waals surface area (Å²) in [5.41, 5.74) is 0.853. The molecule has 0 unspecified atom stereocenters. The van der Waals surface area contributed by atoms with Crippen LogP contribution in [0.4, 0.5) is 5.69 Å². The third kappa shape index (κ3) is 4.23. The van der Waals surface area contributed by atoms with Gasteiger partial charge in [0, 0.05) is 12.1 Å². The molecule has 1 amide bonds. The number of hydrogen-bond acceptors (Lipinski definition) is 5. The maximum atomic E-state index is 12.5. The first kappa shape index (κ1) is 19.5. The van der Waals surface area contributed by atoms with E-state index in [1.165, 1.54) is 19.2 Å². The third-order valence-electron chi connectivity index (χ3n) is 3.93. The van der Waals surface area contributed by atoms with Crippen LogP contribution in [0, 0.1) is 10.1 Å². The van der Waals surface area contributed by atoms with E-state index in [4.69, 9.17) is 21.1 Å². The molecule has 8 heteroatoms. The molecule has 0 fully saturated rings. The van der Waals surface area contributed by atoms with E-state index in [2.05, 4.69) is 5.32 Å². The summed E-state index contributed by atoms with van der Waals surface area (Å²) in [4.78, 5) is 22.8. The molecule has 0 radical (unpaired) electrons. The van der Waals surface area contributed by atoms with Gasteiger partial charge >= 0.3 is 0 Å². The fraction of sp³-hybridized carbons (Fsp3) is 0.278. The van der Waals surface area contributed by atoms with Crippen molar-refractivity contribution in [3.63, 3.8) is 0 Å². The van der Waals surface area contributed by atoms with E-state index in [9.17, 15) is 14.9 Å². The molecule has 2 aromatic carbocycles. The zero-order chi connectivity index (χ0) is 19.3. The van der Waals surface area contributed by atoms with Crippen LogP contribution in [0.25, 0.3) is 0 Å².